The van der Waals surface area contributed by atoms with Gasteiger partial charge in [0.05, 0.1) is 13.7 Å². The van der Waals surface area contributed by atoms with Crippen LogP contribution in [0.4, 0.5) is 0 Å². The zero-order chi connectivity index (χ0) is 18.5. The highest BCUT2D eigenvalue weighted by Gasteiger charge is 1.94. The molecule has 0 aromatic heterocycles. The minimum atomic E-state index is 0.809. The monoisotopic (exact) mass is 350 g/mol. The van der Waals surface area contributed by atoms with Crippen molar-refractivity contribution in [1.29, 1.82) is 0 Å². The van der Waals surface area contributed by atoms with Crippen LogP contribution in [0.3, 0.4) is 0 Å². The van der Waals surface area contributed by atoms with Gasteiger partial charge in [-0.15, -0.1) is 0 Å². The summed E-state index contributed by atoms with van der Waals surface area (Å²) in [4.78, 5) is 0. The molecule has 0 atom stereocenters. The number of hydrogen-bond donors (Lipinski definition) is 0. The first-order valence-corrected chi connectivity index (χ1v) is 9.53. The fourth-order valence-electron chi connectivity index (χ4n) is 2.62. The van der Waals surface area contributed by atoms with E-state index >= 15 is 0 Å². The van der Waals surface area contributed by atoms with E-state index in [-0.39, 0.29) is 0 Å². The van der Waals surface area contributed by atoms with Gasteiger partial charge >= 0.3 is 0 Å². The highest BCUT2D eigenvalue weighted by atomic mass is 16.5. The van der Waals surface area contributed by atoms with E-state index in [0.717, 1.165) is 30.1 Å². The van der Waals surface area contributed by atoms with Gasteiger partial charge in [-0.3, -0.25) is 0 Å². The van der Waals surface area contributed by atoms with Crippen LogP contribution < -0.4 is 9.47 Å². The smallest absolute Gasteiger partial charge is 0.119 e. The van der Waals surface area contributed by atoms with Gasteiger partial charge in [0.15, 0.2) is 0 Å². The third-order valence-electron chi connectivity index (χ3n) is 4.20. The molecule has 2 nitrogen and oxygen atoms in total. The number of unbranched alkanes of at least 4 members (excludes halogenated alkanes) is 4. The lowest BCUT2D eigenvalue weighted by Crippen LogP contribution is -1.97. The van der Waals surface area contributed by atoms with Gasteiger partial charge in [0, 0.05) is 0 Å². The Labute approximate surface area is 158 Å². The molecule has 0 aliphatic rings. The van der Waals surface area contributed by atoms with Crippen LogP contribution in [0.25, 0.3) is 12.2 Å². The van der Waals surface area contributed by atoms with Crippen LogP contribution >= 0.6 is 0 Å². The van der Waals surface area contributed by atoms with Crippen molar-refractivity contribution in [3.63, 3.8) is 0 Å². The molecule has 0 fully saturated rings. The van der Waals surface area contributed by atoms with Gasteiger partial charge in [0.25, 0.3) is 0 Å². The van der Waals surface area contributed by atoms with Crippen molar-refractivity contribution in [3.8, 4) is 11.5 Å². The summed E-state index contributed by atoms with van der Waals surface area (Å²) >= 11 is 0. The summed E-state index contributed by atoms with van der Waals surface area (Å²) in [7, 11) is 1.68. The molecule has 138 valence electrons. The molecule has 2 rings (SSSR count). The Morgan fingerprint density at radius 1 is 0.692 bits per heavy atom. The molecule has 0 heterocycles. The van der Waals surface area contributed by atoms with Gasteiger partial charge in [0.1, 0.15) is 11.5 Å². The summed E-state index contributed by atoms with van der Waals surface area (Å²) < 4.78 is 11.0. The fraction of sp³-hybridized carbons (Fsp3) is 0.333. The van der Waals surface area contributed by atoms with E-state index < -0.39 is 0 Å². The number of methoxy groups -OCH3 is 1. The van der Waals surface area contributed by atoms with E-state index in [1.54, 1.807) is 7.11 Å². The average Bonchev–Trinajstić information content (AvgIpc) is 2.69. The van der Waals surface area contributed by atoms with E-state index in [4.69, 9.17) is 9.47 Å². The third-order valence-corrected chi connectivity index (χ3v) is 4.20. The molecule has 0 unspecified atom stereocenters. The summed E-state index contributed by atoms with van der Waals surface area (Å²) in [5, 5.41) is 0. The SMILES string of the molecule is CCCCCCCOc1ccc(/C=C/C=C/c2ccc(OC)cc2)cc1. The van der Waals surface area contributed by atoms with E-state index in [2.05, 4.69) is 31.2 Å². The van der Waals surface area contributed by atoms with E-state index in [1.165, 1.54) is 31.2 Å². The minimum absolute atomic E-state index is 0.809. The van der Waals surface area contributed by atoms with Crippen LogP contribution in [-0.4, -0.2) is 13.7 Å². The fourth-order valence-corrected chi connectivity index (χ4v) is 2.62. The number of benzene rings is 2. The number of ether oxygens (including phenoxy) is 2. The van der Waals surface area contributed by atoms with Crippen molar-refractivity contribution in [2.45, 2.75) is 39.0 Å². The zero-order valence-electron chi connectivity index (χ0n) is 16.0. The maximum Gasteiger partial charge on any atom is 0.119 e. The number of hydrogen-bond acceptors (Lipinski definition) is 2. The second-order valence-corrected chi connectivity index (χ2v) is 6.32. The first kappa shape index (κ1) is 19.8. The lowest BCUT2D eigenvalue weighted by Gasteiger charge is -2.06. The van der Waals surface area contributed by atoms with Gasteiger partial charge in [-0.2, -0.15) is 0 Å². The molecule has 0 aliphatic carbocycles. The largest absolute Gasteiger partial charge is 0.497 e. The number of rotatable bonds is 11. The summed E-state index contributed by atoms with van der Waals surface area (Å²) in [6.07, 6.45) is 14.6. The van der Waals surface area contributed by atoms with Crippen molar-refractivity contribution >= 4 is 12.2 Å². The molecule has 2 aromatic rings. The molecule has 2 heteroatoms. The second-order valence-electron chi connectivity index (χ2n) is 6.32. The zero-order valence-corrected chi connectivity index (χ0v) is 16.0. The summed E-state index contributed by atoms with van der Waals surface area (Å²) in [5.41, 5.74) is 2.32. The standard InChI is InChI=1S/C24H30O2/c1-3-4-5-6-9-20-26-24-18-14-22(15-19-24)11-8-7-10-21-12-16-23(25-2)17-13-21/h7-8,10-19H,3-6,9,20H2,1-2H3/b10-7+,11-8+. The average molecular weight is 351 g/mol. The molecule has 2 aromatic carbocycles. The molecule has 0 N–H and O–H groups in total. The van der Waals surface area contributed by atoms with Crippen molar-refractivity contribution in [1.82, 2.24) is 0 Å². The predicted octanol–water partition coefficient (Wildman–Crippen LogP) is 6.77. The molecule has 0 saturated carbocycles. The van der Waals surface area contributed by atoms with Crippen molar-refractivity contribution in [2.75, 3.05) is 13.7 Å². The van der Waals surface area contributed by atoms with Crippen molar-refractivity contribution < 1.29 is 9.47 Å². The van der Waals surface area contributed by atoms with Crippen LogP contribution in [0.5, 0.6) is 11.5 Å². The van der Waals surface area contributed by atoms with Crippen molar-refractivity contribution in [3.05, 3.63) is 71.8 Å². The van der Waals surface area contributed by atoms with Crippen LogP contribution in [0.1, 0.15) is 50.2 Å². The molecular formula is C24H30O2. The summed E-state index contributed by atoms with van der Waals surface area (Å²) in [6.45, 7) is 3.05. The van der Waals surface area contributed by atoms with Crippen LogP contribution in [0.2, 0.25) is 0 Å². The normalized spacial score (nSPS) is 11.3. The quantitative estimate of drug-likeness (QED) is 0.329. The van der Waals surface area contributed by atoms with Crippen LogP contribution in [0.15, 0.2) is 60.7 Å². The second kappa shape index (κ2) is 12.0. The molecule has 0 spiro atoms. The molecule has 0 bridgehead atoms. The van der Waals surface area contributed by atoms with Gasteiger partial charge in [0.2, 0.25) is 0 Å². The van der Waals surface area contributed by atoms with E-state index in [0.29, 0.717) is 0 Å². The summed E-state index contributed by atoms with van der Waals surface area (Å²) in [5.74, 6) is 1.83. The first-order chi connectivity index (χ1) is 12.8. The molecule has 26 heavy (non-hydrogen) atoms. The highest BCUT2D eigenvalue weighted by Crippen LogP contribution is 2.15. The number of allylic oxidation sites excluding steroid dienone is 2. The lowest BCUT2D eigenvalue weighted by atomic mass is 10.1. The first-order valence-electron chi connectivity index (χ1n) is 9.53. The Bertz CT molecular complexity index is 666. The molecule has 0 radical (unpaired) electrons. The van der Waals surface area contributed by atoms with Crippen LogP contribution in [-0.2, 0) is 0 Å². The predicted molar refractivity (Wildman–Crippen MR) is 112 cm³/mol. The molecule has 0 amide bonds. The highest BCUT2D eigenvalue weighted by molar-refractivity contribution is 5.58. The van der Waals surface area contributed by atoms with Gasteiger partial charge in [-0.1, -0.05) is 81.2 Å². The van der Waals surface area contributed by atoms with Gasteiger partial charge < -0.3 is 9.47 Å². The Kier molecular flexibility index (Phi) is 9.13. The minimum Gasteiger partial charge on any atom is -0.497 e. The lowest BCUT2D eigenvalue weighted by molar-refractivity contribution is 0.304. The van der Waals surface area contributed by atoms with Gasteiger partial charge in [-0.25, -0.2) is 0 Å². The summed E-state index contributed by atoms with van der Waals surface area (Å²) in [6, 6.07) is 16.3. The Balaban J connectivity index is 1.73. The molecule has 0 saturated heterocycles. The molecule has 0 aliphatic heterocycles. The maximum absolute atomic E-state index is 5.80. The maximum atomic E-state index is 5.80. The van der Waals surface area contributed by atoms with Gasteiger partial charge in [-0.05, 0) is 41.8 Å². The van der Waals surface area contributed by atoms with E-state index in [9.17, 15) is 0 Å². The van der Waals surface area contributed by atoms with Crippen molar-refractivity contribution in [2.24, 2.45) is 0 Å². The van der Waals surface area contributed by atoms with Crippen LogP contribution in [0, 0.1) is 0 Å². The topological polar surface area (TPSA) is 18.5 Å². The Morgan fingerprint density at radius 3 is 1.77 bits per heavy atom. The van der Waals surface area contributed by atoms with E-state index in [1.807, 2.05) is 48.6 Å². The third kappa shape index (κ3) is 7.60. The molecular weight excluding hydrogens is 320 g/mol. The Morgan fingerprint density at radius 2 is 1.23 bits per heavy atom. The Hall–Kier alpha value is -2.48.